The Hall–Kier alpha value is -1.88. The van der Waals surface area contributed by atoms with Crippen LogP contribution in [0.4, 0.5) is 0 Å². The second-order valence-electron chi connectivity index (χ2n) is 7.93. The maximum Gasteiger partial charge on any atom is 0.236 e. The summed E-state index contributed by atoms with van der Waals surface area (Å²) in [7, 11) is 0. The lowest BCUT2D eigenvalue weighted by atomic mass is 10.1. The standard InChI is InChI=1S/C21H29N3O2/c25-20(15-22-17-8-4-5-9-17)23-10-12-24(13-11-23)21(26)19-14-18(19)16-6-2-1-3-7-16/h1-3,6-7,17-19,22H,4-5,8-15H2/t18?,19-/m0/s1. The molecule has 5 nitrogen and oxygen atoms in total. The van der Waals surface area contributed by atoms with Gasteiger partial charge in [-0.05, 0) is 30.7 Å². The first-order chi connectivity index (χ1) is 12.7. The molecule has 1 unspecified atom stereocenters. The van der Waals surface area contributed by atoms with E-state index in [2.05, 4.69) is 17.4 Å². The summed E-state index contributed by atoms with van der Waals surface area (Å²) in [5.41, 5.74) is 1.28. The number of hydrogen-bond donors (Lipinski definition) is 1. The van der Waals surface area contributed by atoms with Crippen LogP contribution in [0.25, 0.3) is 0 Å². The van der Waals surface area contributed by atoms with Gasteiger partial charge in [0, 0.05) is 38.1 Å². The van der Waals surface area contributed by atoms with Crippen LogP contribution >= 0.6 is 0 Å². The van der Waals surface area contributed by atoms with Crippen molar-refractivity contribution in [3.63, 3.8) is 0 Å². The van der Waals surface area contributed by atoms with Crippen LogP contribution in [0.5, 0.6) is 0 Å². The van der Waals surface area contributed by atoms with Gasteiger partial charge in [-0.25, -0.2) is 0 Å². The Labute approximate surface area is 155 Å². The third kappa shape index (κ3) is 3.93. The summed E-state index contributed by atoms with van der Waals surface area (Å²) in [6.07, 6.45) is 5.90. The molecule has 2 atom stereocenters. The predicted molar refractivity (Wildman–Crippen MR) is 101 cm³/mol. The zero-order valence-corrected chi connectivity index (χ0v) is 15.4. The number of nitrogens with one attached hydrogen (secondary N) is 1. The molecule has 140 valence electrons. The van der Waals surface area contributed by atoms with Gasteiger partial charge in [0.25, 0.3) is 0 Å². The highest BCUT2D eigenvalue weighted by atomic mass is 16.2. The molecule has 3 fully saturated rings. The smallest absolute Gasteiger partial charge is 0.236 e. The molecular formula is C21H29N3O2. The van der Waals surface area contributed by atoms with Crippen molar-refractivity contribution >= 4 is 11.8 Å². The fourth-order valence-corrected chi connectivity index (χ4v) is 4.42. The summed E-state index contributed by atoms with van der Waals surface area (Å²) in [5, 5.41) is 3.39. The number of nitrogens with zero attached hydrogens (tertiary/aromatic N) is 2. The molecule has 2 aliphatic carbocycles. The third-order valence-corrected chi connectivity index (χ3v) is 6.18. The van der Waals surface area contributed by atoms with Gasteiger partial charge in [-0.15, -0.1) is 0 Å². The van der Waals surface area contributed by atoms with E-state index in [4.69, 9.17) is 0 Å². The summed E-state index contributed by atoms with van der Waals surface area (Å²) in [5.74, 6) is 0.982. The van der Waals surface area contributed by atoms with Crippen molar-refractivity contribution in [2.24, 2.45) is 5.92 Å². The number of carbonyl (C=O) groups is 2. The van der Waals surface area contributed by atoms with Gasteiger partial charge < -0.3 is 15.1 Å². The van der Waals surface area contributed by atoms with Crippen molar-refractivity contribution in [2.45, 2.75) is 44.1 Å². The molecule has 3 aliphatic rings. The van der Waals surface area contributed by atoms with E-state index in [1.165, 1.54) is 31.2 Å². The molecule has 1 N–H and O–H groups in total. The topological polar surface area (TPSA) is 52.7 Å². The molecule has 1 aliphatic heterocycles. The third-order valence-electron chi connectivity index (χ3n) is 6.18. The van der Waals surface area contributed by atoms with Gasteiger partial charge in [0.15, 0.2) is 0 Å². The number of rotatable bonds is 5. The number of benzene rings is 1. The molecule has 0 spiro atoms. The first-order valence-corrected chi connectivity index (χ1v) is 10.1. The van der Waals surface area contributed by atoms with Crippen LogP contribution in [0, 0.1) is 5.92 Å². The molecule has 2 saturated carbocycles. The fraction of sp³-hybridized carbons (Fsp3) is 0.619. The highest BCUT2D eigenvalue weighted by molar-refractivity contribution is 5.84. The first-order valence-electron chi connectivity index (χ1n) is 10.1. The zero-order chi connectivity index (χ0) is 17.9. The number of hydrogen-bond acceptors (Lipinski definition) is 3. The molecule has 1 heterocycles. The fourth-order valence-electron chi connectivity index (χ4n) is 4.42. The summed E-state index contributed by atoms with van der Waals surface area (Å²) in [6, 6.07) is 10.9. The number of carbonyl (C=O) groups excluding carboxylic acids is 2. The van der Waals surface area contributed by atoms with Crippen molar-refractivity contribution in [2.75, 3.05) is 32.7 Å². The second kappa shape index (κ2) is 7.78. The number of piperazine rings is 1. The van der Waals surface area contributed by atoms with Crippen LogP contribution in [0.1, 0.15) is 43.6 Å². The molecule has 1 saturated heterocycles. The van der Waals surface area contributed by atoms with Gasteiger partial charge in [0.2, 0.25) is 11.8 Å². The van der Waals surface area contributed by atoms with Crippen LogP contribution in [0.15, 0.2) is 30.3 Å². The minimum atomic E-state index is 0.142. The Morgan fingerprint density at radius 1 is 0.962 bits per heavy atom. The highest BCUT2D eigenvalue weighted by Crippen LogP contribution is 2.48. The van der Waals surface area contributed by atoms with Crippen LogP contribution in [0.2, 0.25) is 0 Å². The van der Waals surface area contributed by atoms with Crippen LogP contribution in [0.3, 0.4) is 0 Å². The summed E-state index contributed by atoms with van der Waals surface area (Å²) < 4.78 is 0. The molecule has 1 aromatic carbocycles. The Bertz CT molecular complexity index is 634. The van der Waals surface area contributed by atoms with E-state index < -0.39 is 0 Å². The summed E-state index contributed by atoms with van der Waals surface area (Å²) in [4.78, 5) is 29.0. The zero-order valence-electron chi connectivity index (χ0n) is 15.4. The maximum atomic E-state index is 12.7. The molecule has 0 radical (unpaired) electrons. The molecule has 4 rings (SSSR count). The molecule has 26 heavy (non-hydrogen) atoms. The lowest BCUT2D eigenvalue weighted by Gasteiger charge is -2.35. The van der Waals surface area contributed by atoms with Gasteiger partial charge in [0.1, 0.15) is 0 Å². The van der Waals surface area contributed by atoms with Gasteiger partial charge in [0.05, 0.1) is 6.54 Å². The SMILES string of the molecule is O=C(CNC1CCCC1)N1CCN(C(=O)[C@H]2CC2c2ccccc2)CC1. The largest absolute Gasteiger partial charge is 0.339 e. The normalized spacial score (nSPS) is 26.2. The minimum Gasteiger partial charge on any atom is -0.339 e. The van der Waals surface area contributed by atoms with E-state index in [1.54, 1.807) is 0 Å². The van der Waals surface area contributed by atoms with Crippen molar-refractivity contribution in [3.05, 3.63) is 35.9 Å². The molecule has 1 aromatic rings. The second-order valence-corrected chi connectivity index (χ2v) is 7.93. The van der Waals surface area contributed by atoms with E-state index in [0.29, 0.717) is 44.7 Å². The molecule has 2 amide bonds. The Morgan fingerprint density at radius 2 is 1.62 bits per heavy atom. The van der Waals surface area contributed by atoms with Crippen molar-refractivity contribution < 1.29 is 9.59 Å². The quantitative estimate of drug-likeness (QED) is 0.879. The Balaban J connectivity index is 1.21. The number of amides is 2. The van der Waals surface area contributed by atoms with Crippen LogP contribution in [-0.4, -0.2) is 60.4 Å². The lowest BCUT2D eigenvalue weighted by molar-refractivity contribution is -0.140. The van der Waals surface area contributed by atoms with Gasteiger partial charge in [-0.1, -0.05) is 43.2 Å². The van der Waals surface area contributed by atoms with Crippen molar-refractivity contribution in [3.8, 4) is 0 Å². The van der Waals surface area contributed by atoms with Crippen LogP contribution in [-0.2, 0) is 9.59 Å². The van der Waals surface area contributed by atoms with Crippen molar-refractivity contribution in [1.29, 1.82) is 0 Å². The Morgan fingerprint density at radius 3 is 2.31 bits per heavy atom. The van der Waals surface area contributed by atoms with Crippen LogP contribution < -0.4 is 5.32 Å². The van der Waals surface area contributed by atoms with Gasteiger partial charge in [-0.3, -0.25) is 9.59 Å². The van der Waals surface area contributed by atoms with E-state index in [0.717, 1.165) is 6.42 Å². The van der Waals surface area contributed by atoms with E-state index >= 15 is 0 Å². The van der Waals surface area contributed by atoms with Gasteiger partial charge in [-0.2, -0.15) is 0 Å². The van der Waals surface area contributed by atoms with Gasteiger partial charge >= 0.3 is 0 Å². The highest BCUT2D eigenvalue weighted by Gasteiger charge is 2.46. The lowest BCUT2D eigenvalue weighted by Crippen LogP contribution is -2.53. The van der Waals surface area contributed by atoms with E-state index in [1.807, 2.05) is 28.0 Å². The first kappa shape index (κ1) is 17.5. The molecular weight excluding hydrogens is 326 g/mol. The predicted octanol–water partition coefficient (Wildman–Crippen LogP) is 1.99. The van der Waals surface area contributed by atoms with E-state index in [9.17, 15) is 9.59 Å². The van der Waals surface area contributed by atoms with E-state index in [-0.39, 0.29) is 17.7 Å². The monoisotopic (exact) mass is 355 g/mol. The average molecular weight is 355 g/mol. The molecule has 0 aromatic heterocycles. The molecule has 0 bridgehead atoms. The summed E-state index contributed by atoms with van der Waals surface area (Å²) >= 11 is 0. The maximum absolute atomic E-state index is 12.7. The average Bonchev–Trinajstić information content (AvgIpc) is 3.33. The summed E-state index contributed by atoms with van der Waals surface area (Å²) in [6.45, 7) is 3.12. The molecule has 5 heteroatoms. The Kier molecular flexibility index (Phi) is 5.25. The minimum absolute atomic E-state index is 0.142. The van der Waals surface area contributed by atoms with Crippen molar-refractivity contribution in [1.82, 2.24) is 15.1 Å².